The Balaban J connectivity index is 2.30. The van der Waals surface area contributed by atoms with E-state index in [4.69, 9.17) is 4.98 Å². The normalized spacial score (nSPS) is 11.2. The summed E-state index contributed by atoms with van der Waals surface area (Å²) in [4.78, 5) is 4.78. The molecule has 0 aliphatic rings. The summed E-state index contributed by atoms with van der Waals surface area (Å²) < 4.78 is 1.86. The van der Waals surface area contributed by atoms with Crippen molar-refractivity contribution in [3.8, 4) is 11.3 Å². The molecule has 19 heavy (non-hydrogen) atoms. The number of pyridine rings is 1. The lowest BCUT2D eigenvalue weighted by Crippen LogP contribution is -1.95. The van der Waals surface area contributed by atoms with E-state index in [0.717, 1.165) is 16.7 Å². The summed E-state index contributed by atoms with van der Waals surface area (Å²) in [5.74, 6) is 0. The number of nitrogens with zero attached hydrogens (tertiary/aromatic N) is 3. The Morgan fingerprint density at radius 1 is 1.05 bits per heavy atom. The molecule has 0 amide bonds. The third-order valence-corrected chi connectivity index (χ3v) is 3.78. The van der Waals surface area contributed by atoms with Crippen LogP contribution in [0.1, 0.15) is 16.7 Å². The van der Waals surface area contributed by atoms with E-state index in [1.807, 2.05) is 17.9 Å². The number of rotatable bonds is 1. The zero-order valence-electron chi connectivity index (χ0n) is 11.7. The SMILES string of the molecule is Cc1cc2c(cnn2C)nc1-c1cccc(C)c1C. The van der Waals surface area contributed by atoms with E-state index in [0.29, 0.717) is 0 Å². The Hall–Kier alpha value is -2.16. The van der Waals surface area contributed by atoms with Gasteiger partial charge in [0.2, 0.25) is 0 Å². The van der Waals surface area contributed by atoms with Crippen molar-refractivity contribution < 1.29 is 0 Å². The molecule has 0 unspecified atom stereocenters. The molecule has 3 rings (SSSR count). The van der Waals surface area contributed by atoms with Gasteiger partial charge in [0.15, 0.2) is 0 Å². The Bertz CT molecular complexity index is 769. The molecule has 0 aliphatic carbocycles. The van der Waals surface area contributed by atoms with Gasteiger partial charge in [-0.25, -0.2) is 4.98 Å². The average molecular weight is 251 g/mol. The zero-order valence-corrected chi connectivity index (χ0v) is 11.7. The third-order valence-electron chi connectivity index (χ3n) is 3.78. The molecule has 2 heterocycles. The Labute approximate surface area is 112 Å². The second-order valence-corrected chi connectivity index (χ2v) is 5.07. The van der Waals surface area contributed by atoms with Crippen LogP contribution in [0.25, 0.3) is 22.3 Å². The Morgan fingerprint density at radius 3 is 2.63 bits per heavy atom. The van der Waals surface area contributed by atoms with Crippen LogP contribution in [0.3, 0.4) is 0 Å². The standard InChI is InChI=1S/C16H17N3/c1-10-6-5-7-13(12(10)3)16-11(2)8-15-14(18-16)9-17-19(15)4/h5-9H,1-4H3. The number of aromatic nitrogens is 3. The van der Waals surface area contributed by atoms with Gasteiger partial charge in [0, 0.05) is 12.6 Å². The molecule has 0 saturated heterocycles. The van der Waals surface area contributed by atoms with E-state index in [2.05, 4.69) is 50.1 Å². The van der Waals surface area contributed by atoms with Crippen molar-refractivity contribution in [3.63, 3.8) is 0 Å². The lowest BCUT2D eigenvalue weighted by Gasteiger charge is -2.11. The van der Waals surface area contributed by atoms with Crippen molar-refractivity contribution in [1.82, 2.24) is 14.8 Å². The van der Waals surface area contributed by atoms with Crippen molar-refractivity contribution in [2.24, 2.45) is 7.05 Å². The van der Waals surface area contributed by atoms with Gasteiger partial charge in [-0.15, -0.1) is 0 Å². The topological polar surface area (TPSA) is 30.7 Å². The molecule has 3 heteroatoms. The lowest BCUT2D eigenvalue weighted by molar-refractivity contribution is 0.796. The summed E-state index contributed by atoms with van der Waals surface area (Å²) in [6.07, 6.45) is 1.82. The van der Waals surface area contributed by atoms with Gasteiger partial charge in [0.1, 0.15) is 5.52 Å². The third kappa shape index (κ3) is 1.82. The monoisotopic (exact) mass is 251 g/mol. The van der Waals surface area contributed by atoms with E-state index >= 15 is 0 Å². The molecule has 0 spiro atoms. The van der Waals surface area contributed by atoms with Gasteiger partial charge < -0.3 is 0 Å². The predicted octanol–water partition coefficient (Wildman–Crippen LogP) is 3.56. The van der Waals surface area contributed by atoms with Gasteiger partial charge in [0.25, 0.3) is 0 Å². The van der Waals surface area contributed by atoms with Crippen LogP contribution in [0.15, 0.2) is 30.5 Å². The first kappa shape index (κ1) is 11.9. The quantitative estimate of drug-likeness (QED) is 0.662. The van der Waals surface area contributed by atoms with E-state index < -0.39 is 0 Å². The van der Waals surface area contributed by atoms with Crippen LogP contribution in [-0.2, 0) is 7.05 Å². The number of hydrogen-bond donors (Lipinski definition) is 0. The zero-order chi connectivity index (χ0) is 13.6. The smallest absolute Gasteiger partial charge is 0.109 e. The molecule has 0 N–H and O–H groups in total. The summed E-state index contributed by atoms with van der Waals surface area (Å²) in [5, 5.41) is 4.27. The number of aryl methyl sites for hydroxylation is 3. The lowest BCUT2D eigenvalue weighted by atomic mass is 9.98. The van der Waals surface area contributed by atoms with Gasteiger partial charge in [-0.3, -0.25) is 4.68 Å². The number of benzene rings is 1. The van der Waals surface area contributed by atoms with Crippen LogP contribution in [-0.4, -0.2) is 14.8 Å². The predicted molar refractivity (Wildman–Crippen MR) is 78.2 cm³/mol. The molecule has 3 nitrogen and oxygen atoms in total. The second-order valence-electron chi connectivity index (χ2n) is 5.07. The van der Waals surface area contributed by atoms with Crippen molar-refractivity contribution in [3.05, 3.63) is 47.2 Å². The first-order chi connectivity index (χ1) is 9.08. The fourth-order valence-electron chi connectivity index (χ4n) is 2.45. The van der Waals surface area contributed by atoms with Gasteiger partial charge in [-0.2, -0.15) is 5.10 Å². The van der Waals surface area contributed by atoms with E-state index in [1.165, 1.54) is 22.3 Å². The molecule has 0 fully saturated rings. The van der Waals surface area contributed by atoms with Crippen molar-refractivity contribution >= 4 is 11.0 Å². The minimum Gasteiger partial charge on any atom is -0.266 e. The first-order valence-electron chi connectivity index (χ1n) is 6.44. The molecular weight excluding hydrogens is 234 g/mol. The van der Waals surface area contributed by atoms with Gasteiger partial charge in [-0.1, -0.05) is 18.2 Å². The number of hydrogen-bond acceptors (Lipinski definition) is 2. The maximum absolute atomic E-state index is 4.78. The second kappa shape index (κ2) is 4.19. The summed E-state index contributed by atoms with van der Waals surface area (Å²) >= 11 is 0. The highest BCUT2D eigenvalue weighted by Gasteiger charge is 2.11. The maximum atomic E-state index is 4.78. The minimum atomic E-state index is 0.948. The van der Waals surface area contributed by atoms with E-state index in [-0.39, 0.29) is 0 Å². The minimum absolute atomic E-state index is 0.948. The van der Waals surface area contributed by atoms with Crippen LogP contribution >= 0.6 is 0 Å². The van der Waals surface area contributed by atoms with Gasteiger partial charge >= 0.3 is 0 Å². The molecule has 0 saturated carbocycles. The fourth-order valence-corrected chi connectivity index (χ4v) is 2.45. The highest BCUT2D eigenvalue weighted by atomic mass is 15.3. The van der Waals surface area contributed by atoms with Crippen LogP contribution in [0, 0.1) is 20.8 Å². The molecule has 1 aromatic carbocycles. The van der Waals surface area contributed by atoms with Crippen molar-refractivity contribution in [2.75, 3.05) is 0 Å². The van der Waals surface area contributed by atoms with Crippen LogP contribution in [0.5, 0.6) is 0 Å². The van der Waals surface area contributed by atoms with Gasteiger partial charge in [-0.05, 0) is 43.5 Å². The van der Waals surface area contributed by atoms with Gasteiger partial charge in [0.05, 0.1) is 17.4 Å². The van der Waals surface area contributed by atoms with E-state index in [1.54, 1.807) is 0 Å². The molecule has 0 aliphatic heterocycles. The highest BCUT2D eigenvalue weighted by Crippen LogP contribution is 2.28. The van der Waals surface area contributed by atoms with Crippen LogP contribution < -0.4 is 0 Å². The largest absolute Gasteiger partial charge is 0.266 e. The van der Waals surface area contributed by atoms with Crippen LogP contribution in [0.2, 0.25) is 0 Å². The van der Waals surface area contributed by atoms with E-state index in [9.17, 15) is 0 Å². The molecule has 0 atom stereocenters. The Morgan fingerprint density at radius 2 is 1.84 bits per heavy atom. The molecule has 2 aromatic heterocycles. The summed E-state index contributed by atoms with van der Waals surface area (Å²) in [6.45, 7) is 6.40. The first-order valence-corrected chi connectivity index (χ1v) is 6.44. The highest BCUT2D eigenvalue weighted by molar-refractivity contribution is 5.81. The number of fused-ring (bicyclic) bond motifs is 1. The van der Waals surface area contributed by atoms with Crippen molar-refractivity contribution in [1.29, 1.82) is 0 Å². The van der Waals surface area contributed by atoms with Crippen molar-refractivity contribution in [2.45, 2.75) is 20.8 Å². The molecular formula is C16H17N3. The molecule has 0 radical (unpaired) electrons. The average Bonchev–Trinajstić information content (AvgIpc) is 2.74. The summed E-state index contributed by atoms with van der Waals surface area (Å²) in [7, 11) is 1.95. The Kier molecular flexibility index (Phi) is 2.63. The van der Waals surface area contributed by atoms with Crippen LogP contribution in [0.4, 0.5) is 0 Å². The molecule has 96 valence electrons. The molecule has 3 aromatic rings. The maximum Gasteiger partial charge on any atom is 0.109 e. The summed E-state index contributed by atoms with van der Waals surface area (Å²) in [6, 6.07) is 8.52. The molecule has 0 bridgehead atoms. The fraction of sp³-hybridized carbons (Fsp3) is 0.250. The summed E-state index contributed by atoms with van der Waals surface area (Å²) in [5.41, 5.74) is 8.07.